The highest BCUT2D eigenvalue weighted by molar-refractivity contribution is 5.73. The van der Waals surface area contributed by atoms with E-state index in [1.54, 1.807) is 20.8 Å². The van der Waals surface area contributed by atoms with E-state index in [9.17, 15) is 9.59 Å². The van der Waals surface area contributed by atoms with Crippen molar-refractivity contribution >= 4 is 12.1 Å². The van der Waals surface area contributed by atoms with Crippen LogP contribution < -0.4 is 5.32 Å². The molecule has 0 aromatic heterocycles. The molecule has 0 spiro atoms. The normalized spacial score (nSPS) is 23.0. The maximum Gasteiger partial charge on any atom is 0.407 e. The van der Waals surface area contributed by atoms with E-state index >= 15 is 0 Å². The molecule has 0 bridgehead atoms. The maximum atomic E-state index is 11.6. The summed E-state index contributed by atoms with van der Waals surface area (Å²) in [6.45, 7) is 5.33. The lowest BCUT2D eigenvalue weighted by Gasteiger charge is -2.29. The summed E-state index contributed by atoms with van der Waals surface area (Å²) in [5.74, 6) is -0.426. The highest BCUT2D eigenvalue weighted by atomic mass is 16.6. The van der Waals surface area contributed by atoms with Crippen molar-refractivity contribution in [3.8, 4) is 0 Å². The van der Waals surface area contributed by atoms with E-state index in [0.717, 1.165) is 0 Å². The minimum atomic E-state index is -0.593. The van der Waals surface area contributed by atoms with Crippen LogP contribution in [0.25, 0.3) is 10.4 Å². The Morgan fingerprint density at radius 1 is 1.63 bits per heavy atom. The third-order valence-corrected chi connectivity index (χ3v) is 2.33. The van der Waals surface area contributed by atoms with Gasteiger partial charge >= 0.3 is 12.1 Å². The van der Waals surface area contributed by atoms with Crippen molar-refractivity contribution in [2.75, 3.05) is 6.54 Å². The number of carbonyl (C=O) groups excluding carboxylic acids is 2. The molecule has 0 radical (unpaired) electrons. The van der Waals surface area contributed by atoms with Crippen LogP contribution in [0.3, 0.4) is 0 Å². The summed E-state index contributed by atoms with van der Waals surface area (Å²) in [7, 11) is 0. The number of hydrogen-bond acceptors (Lipinski definition) is 5. The number of alkyl carbamates (subject to hydrolysis) is 1. The molecule has 1 rings (SSSR count). The van der Waals surface area contributed by atoms with Gasteiger partial charge in [0.05, 0.1) is 13.0 Å². The summed E-state index contributed by atoms with van der Waals surface area (Å²) >= 11 is 0. The number of hydrogen-bond donors (Lipinski definition) is 1. The van der Waals surface area contributed by atoms with Gasteiger partial charge in [-0.25, -0.2) is 4.79 Å². The molecule has 106 valence electrons. The number of amides is 1. The molecular formula is C11H18N4O4. The number of ether oxygens (including phenoxy) is 2. The van der Waals surface area contributed by atoms with Crippen molar-refractivity contribution in [2.45, 2.75) is 51.4 Å². The lowest BCUT2D eigenvalue weighted by Crippen LogP contribution is -2.46. The minimum absolute atomic E-state index is 0.0642. The van der Waals surface area contributed by atoms with Gasteiger partial charge in [-0.05, 0) is 26.3 Å². The molecule has 1 aliphatic rings. The van der Waals surface area contributed by atoms with Gasteiger partial charge in [-0.15, -0.1) is 0 Å². The number of nitrogens with zero attached hydrogens (tertiary/aromatic N) is 3. The van der Waals surface area contributed by atoms with Crippen LogP contribution in [0.5, 0.6) is 0 Å². The largest absolute Gasteiger partial charge is 0.462 e. The van der Waals surface area contributed by atoms with Gasteiger partial charge in [0.1, 0.15) is 11.7 Å². The minimum Gasteiger partial charge on any atom is -0.462 e. The van der Waals surface area contributed by atoms with Crippen LogP contribution in [0.4, 0.5) is 4.79 Å². The van der Waals surface area contributed by atoms with Crippen molar-refractivity contribution in [2.24, 2.45) is 5.11 Å². The second-order valence-corrected chi connectivity index (χ2v) is 5.31. The molecule has 8 heteroatoms. The van der Waals surface area contributed by atoms with Crippen LogP contribution in [0.2, 0.25) is 0 Å². The number of azide groups is 1. The fourth-order valence-corrected chi connectivity index (χ4v) is 1.71. The fraction of sp³-hybridized carbons (Fsp3) is 0.818. The predicted octanol–water partition coefficient (Wildman–Crippen LogP) is 1.90. The Morgan fingerprint density at radius 3 is 2.89 bits per heavy atom. The Kier molecular flexibility index (Phi) is 5.00. The molecule has 1 N–H and O–H groups in total. The third-order valence-electron chi connectivity index (χ3n) is 2.33. The van der Waals surface area contributed by atoms with E-state index in [4.69, 9.17) is 15.0 Å². The number of nitrogens with one attached hydrogen (secondary N) is 1. The molecular weight excluding hydrogens is 252 g/mol. The second-order valence-electron chi connectivity index (χ2n) is 5.31. The first-order valence-electron chi connectivity index (χ1n) is 6.00. The van der Waals surface area contributed by atoms with Gasteiger partial charge < -0.3 is 14.8 Å². The Bertz CT molecular complexity index is 396. The molecule has 19 heavy (non-hydrogen) atoms. The molecule has 1 saturated heterocycles. The highest BCUT2D eigenvalue weighted by Crippen LogP contribution is 2.16. The molecule has 8 nitrogen and oxygen atoms in total. The van der Waals surface area contributed by atoms with Gasteiger partial charge in [-0.2, -0.15) is 0 Å². The molecule has 1 aliphatic heterocycles. The smallest absolute Gasteiger partial charge is 0.407 e. The first kappa shape index (κ1) is 15.1. The molecule has 0 aliphatic carbocycles. The summed E-state index contributed by atoms with van der Waals surface area (Å²) < 4.78 is 10.1. The summed E-state index contributed by atoms with van der Waals surface area (Å²) in [5, 5.41) is 5.98. The van der Waals surface area contributed by atoms with Gasteiger partial charge in [0.25, 0.3) is 0 Å². The van der Waals surface area contributed by atoms with E-state index < -0.39 is 23.8 Å². The van der Waals surface area contributed by atoms with E-state index in [-0.39, 0.29) is 19.0 Å². The third kappa shape index (κ3) is 5.96. The average molecular weight is 270 g/mol. The van der Waals surface area contributed by atoms with Gasteiger partial charge in [0.15, 0.2) is 0 Å². The predicted molar refractivity (Wildman–Crippen MR) is 66.3 cm³/mol. The zero-order valence-electron chi connectivity index (χ0n) is 11.3. The van der Waals surface area contributed by atoms with Crippen molar-refractivity contribution in [1.82, 2.24) is 5.32 Å². The number of carbonyl (C=O) groups is 2. The van der Waals surface area contributed by atoms with E-state index in [1.807, 2.05) is 0 Å². The van der Waals surface area contributed by atoms with Crippen LogP contribution in [0.1, 0.15) is 33.6 Å². The Labute approximate surface area is 111 Å². The summed E-state index contributed by atoms with van der Waals surface area (Å²) in [6, 6.07) is -0.366. The van der Waals surface area contributed by atoms with Crippen molar-refractivity contribution < 1.29 is 19.1 Å². The van der Waals surface area contributed by atoms with Crippen molar-refractivity contribution in [3.63, 3.8) is 0 Å². The van der Waals surface area contributed by atoms with Gasteiger partial charge in [-0.1, -0.05) is 5.11 Å². The highest BCUT2D eigenvalue weighted by Gasteiger charge is 2.30. The van der Waals surface area contributed by atoms with Crippen LogP contribution in [0.15, 0.2) is 5.11 Å². The lowest BCUT2D eigenvalue weighted by atomic mass is 10.0. The zero-order valence-corrected chi connectivity index (χ0v) is 11.3. The van der Waals surface area contributed by atoms with Crippen LogP contribution in [0, 0.1) is 0 Å². The van der Waals surface area contributed by atoms with Gasteiger partial charge in [-0.3, -0.25) is 4.79 Å². The summed E-state index contributed by atoms with van der Waals surface area (Å²) in [5.41, 5.74) is 7.64. The first-order chi connectivity index (χ1) is 8.80. The van der Waals surface area contributed by atoms with E-state index in [2.05, 4.69) is 15.3 Å². The molecule has 2 unspecified atom stereocenters. The summed E-state index contributed by atoms with van der Waals surface area (Å²) in [6.07, 6.45) is -0.581. The number of esters is 1. The fourth-order valence-electron chi connectivity index (χ4n) is 1.71. The lowest BCUT2D eigenvalue weighted by molar-refractivity contribution is -0.154. The molecule has 1 heterocycles. The van der Waals surface area contributed by atoms with Gasteiger partial charge in [0, 0.05) is 17.4 Å². The topological polar surface area (TPSA) is 113 Å². The standard InChI is InChI=1S/C11H18N4O4/c1-11(2,3)19-10(17)14-7-4-8(6-13-15-12)18-9(16)5-7/h7-8H,4-6H2,1-3H3,(H,14,17). The Hall–Kier alpha value is -1.95. The van der Waals surface area contributed by atoms with Gasteiger partial charge in [0.2, 0.25) is 0 Å². The molecule has 0 aromatic carbocycles. The monoisotopic (exact) mass is 270 g/mol. The Balaban J connectivity index is 2.50. The molecule has 1 amide bonds. The SMILES string of the molecule is CC(C)(C)OC(=O)NC1CC(=O)OC(CN=[N+]=[N-])C1. The van der Waals surface area contributed by atoms with E-state index in [1.165, 1.54) is 0 Å². The van der Waals surface area contributed by atoms with Crippen LogP contribution in [-0.2, 0) is 14.3 Å². The van der Waals surface area contributed by atoms with Crippen molar-refractivity contribution in [3.05, 3.63) is 10.4 Å². The maximum absolute atomic E-state index is 11.6. The zero-order chi connectivity index (χ0) is 14.5. The number of rotatable bonds is 3. The van der Waals surface area contributed by atoms with E-state index in [0.29, 0.717) is 6.42 Å². The van der Waals surface area contributed by atoms with Crippen LogP contribution >= 0.6 is 0 Å². The quantitative estimate of drug-likeness (QED) is 0.365. The molecule has 2 atom stereocenters. The Morgan fingerprint density at radius 2 is 2.32 bits per heavy atom. The molecule has 0 aromatic rings. The molecule has 1 fully saturated rings. The average Bonchev–Trinajstić information content (AvgIpc) is 2.22. The first-order valence-corrected chi connectivity index (χ1v) is 6.00. The summed E-state index contributed by atoms with van der Waals surface area (Å²) in [4.78, 5) is 25.6. The van der Waals surface area contributed by atoms with Crippen LogP contribution in [-0.4, -0.2) is 36.4 Å². The molecule has 0 saturated carbocycles. The number of cyclic esters (lactones) is 1. The second kappa shape index (κ2) is 6.29. The van der Waals surface area contributed by atoms with Crippen molar-refractivity contribution in [1.29, 1.82) is 0 Å².